The Morgan fingerprint density at radius 2 is 2.26 bits per heavy atom. The maximum absolute atomic E-state index is 12.5. The van der Waals surface area contributed by atoms with E-state index in [0.29, 0.717) is 19.0 Å². The van der Waals surface area contributed by atoms with Crippen molar-refractivity contribution in [2.75, 3.05) is 13.1 Å². The number of hydrogen-bond donors (Lipinski definition) is 1. The number of nitrogens with two attached hydrogens (primary N) is 1. The van der Waals surface area contributed by atoms with Gasteiger partial charge in [-0.25, -0.2) is 0 Å². The molecule has 0 radical (unpaired) electrons. The average Bonchev–Trinajstić information content (AvgIpc) is 2.67. The van der Waals surface area contributed by atoms with Gasteiger partial charge >= 0.3 is 0 Å². The van der Waals surface area contributed by atoms with Crippen molar-refractivity contribution < 1.29 is 4.79 Å². The molecule has 1 fully saturated rings. The summed E-state index contributed by atoms with van der Waals surface area (Å²) in [4.78, 5) is 14.4. The Morgan fingerprint density at radius 3 is 2.84 bits per heavy atom. The molecule has 2 rings (SSSR count). The van der Waals surface area contributed by atoms with E-state index in [2.05, 4.69) is 12.0 Å². The second-order valence-electron chi connectivity index (χ2n) is 5.59. The van der Waals surface area contributed by atoms with Gasteiger partial charge in [0.05, 0.1) is 5.69 Å². The first-order valence-corrected chi connectivity index (χ1v) is 7.03. The highest BCUT2D eigenvalue weighted by Crippen LogP contribution is 2.23. The second-order valence-corrected chi connectivity index (χ2v) is 5.59. The van der Waals surface area contributed by atoms with Crippen LogP contribution in [0.5, 0.6) is 0 Å². The van der Waals surface area contributed by atoms with Crippen LogP contribution in [-0.2, 0) is 11.3 Å². The quantitative estimate of drug-likeness (QED) is 0.888. The largest absolute Gasteiger partial charge is 0.337 e. The lowest BCUT2D eigenvalue weighted by Gasteiger charge is -2.39. The Labute approximate surface area is 114 Å². The first-order valence-electron chi connectivity index (χ1n) is 7.03. The van der Waals surface area contributed by atoms with E-state index >= 15 is 0 Å². The van der Waals surface area contributed by atoms with Gasteiger partial charge in [0.15, 0.2) is 0 Å². The normalized spacial score (nSPS) is 23.7. The number of piperidine rings is 1. The highest BCUT2D eigenvalue weighted by molar-refractivity contribution is 5.76. The van der Waals surface area contributed by atoms with Gasteiger partial charge in [0, 0.05) is 24.8 Å². The molecule has 0 bridgehead atoms. The van der Waals surface area contributed by atoms with Crippen molar-refractivity contribution in [2.45, 2.75) is 46.2 Å². The van der Waals surface area contributed by atoms with E-state index in [0.717, 1.165) is 30.8 Å². The van der Waals surface area contributed by atoms with Crippen LogP contribution in [0.15, 0.2) is 6.07 Å². The van der Waals surface area contributed by atoms with Crippen molar-refractivity contribution in [3.8, 4) is 0 Å². The van der Waals surface area contributed by atoms with E-state index in [4.69, 9.17) is 5.73 Å². The van der Waals surface area contributed by atoms with Crippen molar-refractivity contribution in [1.82, 2.24) is 14.7 Å². The van der Waals surface area contributed by atoms with Gasteiger partial charge in [0.1, 0.15) is 6.54 Å². The molecule has 1 aromatic heterocycles. The molecule has 2 unspecified atom stereocenters. The fraction of sp³-hybridized carbons (Fsp3) is 0.714. The first-order chi connectivity index (χ1) is 9.02. The van der Waals surface area contributed by atoms with Crippen molar-refractivity contribution in [2.24, 2.45) is 11.7 Å². The van der Waals surface area contributed by atoms with Crippen molar-refractivity contribution in [3.05, 3.63) is 17.5 Å². The van der Waals surface area contributed by atoms with Gasteiger partial charge in [-0.2, -0.15) is 5.10 Å². The van der Waals surface area contributed by atoms with E-state index in [1.807, 2.05) is 24.8 Å². The number of hydrogen-bond acceptors (Lipinski definition) is 3. The summed E-state index contributed by atoms with van der Waals surface area (Å²) in [6, 6.07) is 2.17. The topological polar surface area (TPSA) is 64.2 Å². The molecule has 1 amide bonds. The summed E-state index contributed by atoms with van der Waals surface area (Å²) in [5.74, 6) is 0.622. The highest BCUT2D eigenvalue weighted by Gasteiger charge is 2.30. The Morgan fingerprint density at radius 1 is 1.53 bits per heavy atom. The summed E-state index contributed by atoms with van der Waals surface area (Å²) < 4.78 is 1.78. The zero-order valence-corrected chi connectivity index (χ0v) is 12.1. The summed E-state index contributed by atoms with van der Waals surface area (Å²) in [5, 5.41) is 4.35. The molecule has 0 aromatic carbocycles. The molecule has 2 atom stereocenters. The molecule has 1 aromatic rings. The minimum atomic E-state index is 0.133. The molecule has 0 spiro atoms. The van der Waals surface area contributed by atoms with Crippen LogP contribution < -0.4 is 5.73 Å². The molecule has 19 heavy (non-hydrogen) atoms. The maximum atomic E-state index is 12.5. The maximum Gasteiger partial charge on any atom is 0.244 e. The van der Waals surface area contributed by atoms with Gasteiger partial charge in [-0.1, -0.05) is 6.92 Å². The number of carbonyl (C=O) groups is 1. The van der Waals surface area contributed by atoms with Crippen molar-refractivity contribution in [1.29, 1.82) is 0 Å². The molecule has 0 aliphatic carbocycles. The Bertz CT molecular complexity index is 454. The fourth-order valence-corrected chi connectivity index (χ4v) is 2.97. The molecular formula is C14H24N4O. The molecule has 2 heterocycles. The molecule has 2 N–H and O–H groups in total. The minimum Gasteiger partial charge on any atom is -0.337 e. The number of aryl methyl sites for hydroxylation is 2. The summed E-state index contributed by atoms with van der Waals surface area (Å²) in [6.07, 6.45) is 2.23. The smallest absolute Gasteiger partial charge is 0.244 e. The molecule has 1 aliphatic rings. The third-order valence-corrected chi connectivity index (χ3v) is 4.07. The van der Waals surface area contributed by atoms with Gasteiger partial charge in [0.2, 0.25) is 5.91 Å². The van der Waals surface area contributed by atoms with E-state index < -0.39 is 0 Å². The number of amides is 1. The van der Waals surface area contributed by atoms with Crippen LogP contribution in [-0.4, -0.2) is 39.7 Å². The molecule has 5 nitrogen and oxygen atoms in total. The van der Waals surface area contributed by atoms with Crippen molar-refractivity contribution >= 4 is 5.91 Å². The van der Waals surface area contributed by atoms with Gasteiger partial charge < -0.3 is 10.6 Å². The fourth-order valence-electron chi connectivity index (χ4n) is 2.97. The van der Waals surface area contributed by atoms with E-state index in [1.165, 1.54) is 0 Å². The molecular weight excluding hydrogens is 240 g/mol. The van der Waals surface area contributed by atoms with E-state index in [1.54, 1.807) is 4.68 Å². The molecule has 0 saturated carbocycles. The predicted octanol–water partition coefficient (Wildman–Crippen LogP) is 1.09. The number of rotatable bonds is 3. The Kier molecular flexibility index (Phi) is 4.24. The molecule has 106 valence electrons. The van der Waals surface area contributed by atoms with Crippen molar-refractivity contribution in [3.63, 3.8) is 0 Å². The molecule has 5 heteroatoms. The lowest BCUT2D eigenvalue weighted by molar-refractivity contribution is -0.136. The Balaban J connectivity index is 2.08. The lowest BCUT2D eigenvalue weighted by Crippen LogP contribution is -2.52. The zero-order chi connectivity index (χ0) is 14.0. The molecule has 1 aliphatic heterocycles. The van der Waals surface area contributed by atoms with E-state index in [-0.39, 0.29) is 11.9 Å². The first kappa shape index (κ1) is 14.1. The standard InChI is InChI=1S/C14H24N4O/c1-10-5-4-6-17(13(10)8-15)14(19)9-18-12(3)7-11(2)16-18/h7,10,13H,4-6,8-9,15H2,1-3H3. The minimum absolute atomic E-state index is 0.133. The highest BCUT2D eigenvalue weighted by atomic mass is 16.2. The van der Waals surface area contributed by atoms with Gasteiger partial charge in [-0.3, -0.25) is 9.48 Å². The van der Waals surface area contributed by atoms with Gasteiger partial charge in [-0.05, 0) is 38.7 Å². The third-order valence-electron chi connectivity index (χ3n) is 4.07. The van der Waals surface area contributed by atoms with Gasteiger partial charge in [-0.15, -0.1) is 0 Å². The van der Waals surface area contributed by atoms with Crippen LogP contribution in [0.4, 0.5) is 0 Å². The summed E-state index contributed by atoms with van der Waals surface area (Å²) >= 11 is 0. The van der Waals surface area contributed by atoms with Crippen LogP contribution in [0.3, 0.4) is 0 Å². The third kappa shape index (κ3) is 2.97. The van der Waals surface area contributed by atoms with Crippen LogP contribution in [0.2, 0.25) is 0 Å². The zero-order valence-electron chi connectivity index (χ0n) is 12.1. The van der Waals surface area contributed by atoms with Gasteiger partial charge in [0.25, 0.3) is 0 Å². The lowest BCUT2D eigenvalue weighted by atomic mass is 9.91. The number of likely N-dealkylation sites (tertiary alicyclic amines) is 1. The van der Waals surface area contributed by atoms with Crippen LogP contribution in [0.25, 0.3) is 0 Å². The number of carbonyl (C=O) groups excluding carboxylic acids is 1. The Hall–Kier alpha value is -1.36. The van der Waals surface area contributed by atoms with Crippen LogP contribution >= 0.6 is 0 Å². The molecule has 1 saturated heterocycles. The average molecular weight is 264 g/mol. The van der Waals surface area contributed by atoms with Crippen LogP contribution in [0, 0.1) is 19.8 Å². The second kappa shape index (κ2) is 5.74. The number of aromatic nitrogens is 2. The predicted molar refractivity (Wildman–Crippen MR) is 74.7 cm³/mol. The SMILES string of the molecule is Cc1cc(C)n(CC(=O)N2CCCC(C)C2CN)n1. The number of nitrogens with zero attached hydrogens (tertiary/aromatic N) is 3. The van der Waals surface area contributed by atoms with Crippen LogP contribution in [0.1, 0.15) is 31.2 Å². The summed E-state index contributed by atoms with van der Waals surface area (Å²) in [7, 11) is 0. The summed E-state index contributed by atoms with van der Waals surface area (Å²) in [6.45, 7) is 7.80. The summed E-state index contributed by atoms with van der Waals surface area (Å²) in [5.41, 5.74) is 7.81. The van der Waals surface area contributed by atoms with E-state index in [9.17, 15) is 4.79 Å². The monoisotopic (exact) mass is 264 g/mol.